The zero-order valence-electron chi connectivity index (χ0n) is 12.7. The molecule has 1 unspecified atom stereocenters. The quantitative estimate of drug-likeness (QED) is 0.777. The summed E-state index contributed by atoms with van der Waals surface area (Å²) in [5.74, 6) is 0. The number of nitrogens with zero attached hydrogens (tertiary/aromatic N) is 2. The van der Waals surface area contributed by atoms with Gasteiger partial charge in [-0.2, -0.15) is 17.0 Å². The van der Waals surface area contributed by atoms with Crippen LogP contribution >= 0.6 is 0 Å². The van der Waals surface area contributed by atoms with Crippen molar-refractivity contribution in [1.29, 1.82) is 0 Å². The van der Waals surface area contributed by atoms with Crippen LogP contribution in [0.25, 0.3) is 0 Å². The second kappa shape index (κ2) is 7.73. The molecule has 5 nitrogen and oxygen atoms in total. The highest BCUT2D eigenvalue weighted by Gasteiger charge is 2.32. The topological polar surface area (TPSA) is 52.7 Å². The van der Waals surface area contributed by atoms with Gasteiger partial charge in [0.1, 0.15) is 0 Å². The third kappa shape index (κ3) is 4.16. The van der Waals surface area contributed by atoms with E-state index in [9.17, 15) is 8.42 Å². The number of nitrogens with one attached hydrogen (secondary N) is 1. The fourth-order valence-electron chi connectivity index (χ4n) is 3.05. The smallest absolute Gasteiger partial charge is 0.282 e. The van der Waals surface area contributed by atoms with Crippen LogP contribution in [-0.2, 0) is 10.2 Å². The molecule has 0 radical (unpaired) electrons. The van der Waals surface area contributed by atoms with Crippen molar-refractivity contribution in [3.8, 4) is 0 Å². The number of rotatable bonds is 7. The van der Waals surface area contributed by atoms with Crippen molar-refractivity contribution >= 4 is 10.2 Å². The molecule has 0 saturated carbocycles. The van der Waals surface area contributed by atoms with Crippen molar-refractivity contribution in [2.75, 3.05) is 32.7 Å². The lowest BCUT2D eigenvalue weighted by molar-refractivity contribution is 0.289. The van der Waals surface area contributed by atoms with Gasteiger partial charge in [0.15, 0.2) is 0 Å². The van der Waals surface area contributed by atoms with Crippen molar-refractivity contribution in [1.82, 2.24) is 13.9 Å². The van der Waals surface area contributed by atoms with Gasteiger partial charge in [-0.05, 0) is 38.6 Å². The molecule has 2 saturated heterocycles. The lowest BCUT2D eigenvalue weighted by Crippen LogP contribution is -2.49. The Morgan fingerprint density at radius 1 is 1.20 bits per heavy atom. The van der Waals surface area contributed by atoms with Gasteiger partial charge in [0.25, 0.3) is 10.2 Å². The van der Waals surface area contributed by atoms with Crippen LogP contribution in [0.4, 0.5) is 0 Å². The summed E-state index contributed by atoms with van der Waals surface area (Å²) in [7, 11) is -3.26. The lowest BCUT2D eigenvalue weighted by Gasteiger charge is -2.33. The van der Waals surface area contributed by atoms with Gasteiger partial charge in [0.2, 0.25) is 0 Å². The van der Waals surface area contributed by atoms with Gasteiger partial charge in [-0.3, -0.25) is 0 Å². The van der Waals surface area contributed by atoms with Gasteiger partial charge in [-0.1, -0.05) is 19.8 Å². The predicted octanol–water partition coefficient (Wildman–Crippen LogP) is 1.57. The predicted molar refractivity (Wildman–Crippen MR) is 81.8 cm³/mol. The molecule has 1 N–H and O–H groups in total. The molecule has 118 valence electrons. The average molecular weight is 303 g/mol. The molecule has 2 heterocycles. The Kier molecular flexibility index (Phi) is 6.26. The van der Waals surface area contributed by atoms with Crippen molar-refractivity contribution < 1.29 is 8.42 Å². The van der Waals surface area contributed by atoms with Crippen LogP contribution in [0.3, 0.4) is 0 Å². The third-order valence-corrected chi connectivity index (χ3v) is 6.32. The minimum atomic E-state index is -3.26. The molecule has 0 amide bonds. The second-order valence-electron chi connectivity index (χ2n) is 5.97. The van der Waals surface area contributed by atoms with Crippen molar-refractivity contribution in [3.05, 3.63) is 0 Å². The average Bonchev–Trinajstić information content (AvgIpc) is 2.97. The molecule has 20 heavy (non-hydrogen) atoms. The Labute approximate surface area is 123 Å². The summed E-state index contributed by atoms with van der Waals surface area (Å²) in [6, 6.07) is 0.339. The number of hydrogen-bond donors (Lipinski definition) is 1. The third-order valence-electron chi connectivity index (χ3n) is 4.32. The first-order valence-corrected chi connectivity index (χ1v) is 9.53. The van der Waals surface area contributed by atoms with E-state index in [1.807, 2.05) is 0 Å². The van der Waals surface area contributed by atoms with Gasteiger partial charge in [-0.15, -0.1) is 0 Å². The van der Waals surface area contributed by atoms with E-state index in [1.165, 1.54) is 0 Å². The van der Waals surface area contributed by atoms with Gasteiger partial charge in [0.05, 0.1) is 0 Å². The van der Waals surface area contributed by atoms with Crippen LogP contribution in [0.5, 0.6) is 0 Å². The maximum atomic E-state index is 12.8. The maximum Gasteiger partial charge on any atom is 0.282 e. The van der Waals surface area contributed by atoms with Crippen LogP contribution in [0.15, 0.2) is 0 Å². The van der Waals surface area contributed by atoms with Crippen molar-refractivity contribution in [3.63, 3.8) is 0 Å². The lowest BCUT2D eigenvalue weighted by atomic mass is 10.2. The Bertz CT molecular complexity index is 374. The standard InChI is InChI=1S/C14H29N3O2S/c1-2-3-10-17(13-14-8-7-9-15-14)20(18,19)16-11-5-4-6-12-16/h14-15H,2-13H2,1H3. The van der Waals surface area contributed by atoms with E-state index >= 15 is 0 Å². The molecular weight excluding hydrogens is 274 g/mol. The number of unbranched alkanes of at least 4 members (excludes halogenated alkanes) is 1. The summed E-state index contributed by atoms with van der Waals surface area (Å²) >= 11 is 0. The maximum absolute atomic E-state index is 12.8. The fraction of sp³-hybridized carbons (Fsp3) is 1.00. The Balaban J connectivity index is 2.02. The van der Waals surface area contributed by atoms with E-state index in [0.717, 1.165) is 51.5 Å². The molecule has 0 bridgehead atoms. The monoisotopic (exact) mass is 303 g/mol. The molecule has 0 aromatic heterocycles. The van der Waals surface area contributed by atoms with Crippen LogP contribution < -0.4 is 5.32 Å². The highest BCUT2D eigenvalue weighted by molar-refractivity contribution is 7.86. The summed E-state index contributed by atoms with van der Waals surface area (Å²) < 4.78 is 29.0. The summed E-state index contributed by atoms with van der Waals surface area (Å²) in [6.07, 6.45) is 7.40. The van der Waals surface area contributed by atoms with E-state index in [4.69, 9.17) is 0 Å². The summed E-state index contributed by atoms with van der Waals surface area (Å²) in [5.41, 5.74) is 0. The van der Waals surface area contributed by atoms with Crippen LogP contribution in [0.1, 0.15) is 51.9 Å². The minimum absolute atomic E-state index is 0.339. The van der Waals surface area contributed by atoms with E-state index in [0.29, 0.717) is 32.2 Å². The summed E-state index contributed by atoms with van der Waals surface area (Å²) in [5, 5.41) is 3.41. The first-order valence-electron chi connectivity index (χ1n) is 8.13. The molecule has 6 heteroatoms. The normalized spacial score (nSPS) is 25.4. The highest BCUT2D eigenvalue weighted by Crippen LogP contribution is 2.18. The minimum Gasteiger partial charge on any atom is -0.313 e. The molecule has 0 spiro atoms. The van der Waals surface area contributed by atoms with E-state index in [-0.39, 0.29) is 0 Å². The first kappa shape index (κ1) is 16.2. The van der Waals surface area contributed by atoms with Gasteiger partial charge < -0.3 is 5.32 Å². The van der Waals surface area contributed by atoms with E-state index in [2.05, 4.69) is 12.2 Å². The molecule has 2 fully saturated rings. The molecule has 0 aromatic rings. The SMILES string of the molecule is CCCCN(CC1CCCN1)S(=O)(=O)N1CCCCC1. The Hall–Kier alpha value is -0.170. The molecule has 2 aliphatic heterocycles. The Morgan fingerprint density at radius 2 is 1.95 bits per heavy atom. The van der Waals surface area contributed by atoms with Crippen molar-refractivity contribution in [2.24, 2.45) is 0 Å². The van der Waals surface area contributed by atoms with Gasteiger partial charge in [0, 0.05) is 32.2 Å². The van der Waals surface area contributed by atoms with E-state index < -0.39 is 10.2 Å². The van der Waals surface area contributed by atoms with E-state index in [1.54, 1.807) is 8.61 Å². The zero-order valence-corrected chi connectivity index (χ0v) is 13.5. The molecule has 2 aliphatic rings. The summed E-state index contributed by atoms with van der Waals surface area (Å²) in [6.45, 7) is 5.83. The van der Waals surface area contributed by atoms with Crippen LogP contribution in [0.2, 0.25) is 0 Å². The first-order chi connectivity index (χ1) is 9.64. The van der Waals surface area contributed by atoms with Gasteiger partial charge >= 0.3 is 0 Å². The zero-order chi connectivity index (χ0) is 14.4. The number of piperidine rings is 1. The van der Waals surface area contributed by atoms with Crippen LogP contribution in [0, 0.1) is 0 Å². The molecule has 0 aliphatic carbocycles. The second-order valence-corrected chi connectivity index (χ2v) is 7.90. The summed E-state index contributed by atoms with van der Waals surface area (Å²) in [4.78, 5) is 0. The highest BCUT2D eigenvalue weighted by atomic mass is 32.2. The van der Waals surface area contributed by atoms with Crippen molar-refractivity contribution in [2.45, 2.75) is 57.9 Å². The fourth-order valence-corrected chi connectivity index (χ4v) is 4.83. The Morgan fingerprint density at radius 3 is 2.55 bits per heavy atom. The van der Waals surface area contributed by atoms with Gasteiger partial charge in [-0.25, -0.2) is 0 Å². The number of hydrogen-bond acceptors (Lipinski definition) is 3. The molecule has 0 aromatic carbocycles. The molecule has 1 atom stereocenters. The largest absolute Gasteiger partial charge is 0.313 e. The molecule has 2 rings (SSSR count). The van der Waals surface area contributed by atoms with Crippen LogP contribution in [-0.4, -0.2) is 55.8 Å². The molecular formula is C14H29N3O2S.